The summed E-state index contributed by atoms with van der Waals surface area (Å²) < 4.78 is 30.9. The van der Waals surface area contributed by atoms with Gasteiger partial charge in [-0.15, -0.1) is 5.10 Å². The topological polar surface area (TPSA) is 119 Å². The van der Waals surface area contributed by atoms with Gasteiger partial charge in [0.1, 0.15) is 21.4 Å². The van der Waals surface area contributed by atoms with E-state index < -0.39 is 10.1 Å². The third-order valence-corrected chi connectivity index (χ3v) is 3.21. The van der Waals surface area contributed by atoms with E-state index in [9.17, 15) is 13.0 Å². The first-order chi connectivity index (χ1) is 9.47. The summed E-state index contributed by atoms with van der Waals surface area (Å²) in [6, 6.07) is 12.1. The average Bonchev–Trinajstić information content (AvgIpc) is 2.87. The standard InChI is InChI=1S/C6H5N3.C6H6O4S.Na/c1-2-4-6-5(3-1)7-9-8-6;7-5-1-3-6(4-2-5)11(8,9)10;/h1-4H,(H,7,8,9);1-4,7H,(H,8,9,10);/q;;+1/p-1. The summed E-state index contributed by atoms with van der Waals surface area (Å²) in [5, 5.41) is 18.9. The minimum atomic E-state index is -4.38. The van der Waals surface area contributed by atoms with Crippen molar-refractivity contribution in [2.75, 3.05) is 0 Å². The van der Waals surface area contributed by atoms with Crippen molar-refractivity contribution in [1.82, 2.24) is 15.4 Å². The maximum atomic E-state index is 10.3. The van der Waals surface area contributed by atoms with Crippen LogP contribution in [0.5, 0.6) is 5.75 Å². The van der Waals surface area contributed by atoms with Crippen molar-refractivity contribution in [1.29, 1.82) is 0 Å². The van der Waals surface area contributed by atoms with Crippen LogP contribution in [0.2, 0.25) is 0 Å². The Bertz CT molecular complexity index is 772. The van der Waals surface area contributed by atoms with Crippen LogP contribution in [0.15, 0.2) is 53.4 Å². The maximum absolute atomic E-state index is 10.3. The third-order valence-electron chi connectivity index (χ3n) is 2.36. The summed E-state index contributed by atoms with van der Waals surface area (Å²) in [5.74, 6) is -0.0719. The number of aromatic nitrogens is 3. The van der Waals surface area contributed by atoms with Crippen LogP contribution >= 0.6 is 0 Å². The van der Waals surface area contributed by atoms with E-state index in [2.05, 4.69) is 15.4 Å². The van der Waals surface area contributed by atoms with Crippen LogP contribution in [-0.4, -0.2) is 33.5 Å². The second-order valence-electron chi connectivity index (χ2n) is 3.78. The molecule has 1 aromatic heterocycles. The van der Waals surface area contributed by atoms with Gasteiger partial charge in [0.05, 0.1) is 10.4 Å². The van der Waals surface area contributed by atoms with E-state index in [4.69, 9.17) is 5.11 Å². The number of aromatic hydroxyl groups is 1. The van der Waals surface area contributed by atoms with Gasteiger partial charge in [0.15, 0.2) is 0 Å². The van der Waals surface area contributed by atoms with Gasteiger partial charge >= 0.3 is 29.6 Å². The molecule has 3 aromatic rings. The summed E-state index contributed by atoms with van der Waals surface area (Å²) in [4.78, 5) is -0.338. The van der Waals surface area contributed by atoms with Crippen molar-refractivity contribution in [2.45, 2.75) is 4.90 Å². The molecule has 0 aliphatic carbocycles. The Kier molecular flexibility index (Phi) is 6.31. The van der Waals surface area contributed by atoms with Crippen molar-refractivity contribution in [3.8, 4) is 5.75 Å². The number of phenols is 1. The Morgan fingerprint density at radius 1 is 1.05 bits per heavy atom. The maximum Gasteiger partial charge on any atom is 1.00 e. The van der Waals surface area contributed by atoms with Gasteiger partial charge in [0.2, 0.25) is 0 Å². The molecule has 9 heteroatoms. The molecule has 0 atom stereocenters. The van der Waals surface area contributed by atoms with E-state index in [-0.39, 0.29) is 40.2 Å². The van der Waals surface area contributed by atoms with Crippen molar-refractivity contribution >= 4 is 21.2 Å². The number of H-pyrrole nitrogens is 1. The second-order valence-corrected chi connectivity index (χ2v) is 5.16. The largest absolute Gasteiger partial charge is 1.00 e. The first-order valence-corrected chi connectivity index (χ1v) is 6.88. The second kappa shape index (κ2) is 7.53. The van der Waals surface area contributed by atoms with Gasteiger partial charge in [-0.05, 0) is 36.4 Å². The molecular formula is C12H10N3NaO4S. The van der Waals surface area contributed by atoms with E-state index in [1.165, 1.54) is 0 Å². The summed E-state index contributed by atoms with van der Waals surface area (Å²) in [5.41, 5.74) is 1.90. The smallest absolute Gasteiger partial charge is 0.744 e. The van der Waals surface area contributed by atoms with Gasteiger partial charge in [-0.25, -0.2) is 8.42 Å². The van der Waals surface area contributed by atoms with Gasteiger partial charge in [0, 0.05) is 0 Å². The monoisotopic (exact) mass is 315 g/mol. The van der Waals surface area contributed by atoms with Crippen molar-refractivity contribution in [2.24, 2.45) is 0 Å². The number of phenolic OH excluding ortho intramolecular Hbond substituents is 1. The number of aromatic amines is 1. The molecule has 0 saturated heterocycles. The Balaban J connectivity index is 0.000000203. The molecule has 104 valence electrons. The zero-order chi connectivity index (χ0) is 14.6. The summed E-state index contributed by atoms with van der Waals surface area (Å²) >= 11 is 0. The van der Waals surface area contributed by atoms with Crippen molar-refractivity contribution < 1.29 is 47.6 Å². The molecule has 0 fully saturated rings. The number of nitrogens with zero attached hydrogens (tertiary/aromatic N) is 2. The average molecular weight is 315 g/mol. The molecule has 1 heterocycles. The molecule has 3 rings (SSSR count). The molecule has 2 N–H and O–H groups in total. The fourth-order valence-electron chi connectivity index (χ4n) is 1.40. The fourth-order valence-corrected chi connectivity index (χ4v) is 1.87. The number of hydrogen-bond donors (Lipinski definition) is 2. The summed E-state index contributed by atoms with van der Waals surface area (Å²) in [6.45, 7) is 0. The number of para-hydroxylation sites is 1. The van der Waals surface area contributed by atoms with Crippen LogP contribution in [0.4, 0.5) is 0 Å². The quantitative estimate of drug-likeness (QED) is 0.406. The Labute approximate surface area is 143 Å². The van der Waals surface area contributed by atoms with E-state index >= 15 is 0 Å². The van der Waals surface area contributed by atoms with Gasteiger partial charge in [-0.3, -0.25) is 5.10 Å². The van der Waals surface area contributed by atoms with E-state index in [1.807, 2.05) is 24.3 Å². The molecule has 0 aliphatic heterocycles. The van der Waals surface area contributed by atoms with Crippen LogP contribution < -0.4 is 29.6 Å². The molecule has 2 aromatic carbocycles. The van der Waals surface area contributed by atoms with Gasteiger partial charge in [0.25, 0.3) is 0 Å². The Morgan fingerprint density at radius 3 is 2.24 bits per heavy atom. The zero-order valence-corrected chi connectivity index (χ0v) is 13.9. The minimum Gasteiger partial charge on any atom is -0.744 e. The Morgan fingerprint density at radius 2 is 1.67 bits per heavy atom. The molecule has 0 aliphatic rings. The molecule has 0 spiro atoms. The van der Waals surface area contributed by atoms with E-state index in [0.717, 1.165) is 35.3 Å². The molecular weight excluding hydrogens is 305 g/mol. The normalized spacial score (nSPS) is 10.3. The van der Waals surface area contributed by atoms with Crippen LogP contribution in [-0.2, 0) is 10.1 Å². The zero-order valence-electron chi connectivity index (χ0n) is 11.1. The van der Waals surface area contributed by atoms with Gasteiger partial charge < -0.3 is 9.66 Å². The van der Waals surface area contributed by atoms with Crippen LogP contribution in [0.25, 0.3) is 11.0 Å². The molecule has 0 saturated carbocycles. The first kappa shape index (κ1) is 17.6. The van der Waals surface area contributed by atoms with Crippen molar-refractivity contribution in [3.05, 3.63) is 48.5 Å². The molecule has 0 bridgehead atoms. The fraction of sp³-hybridized carbons (Fsp3) is 0. The van der Waals surface area contributed by atoms with Gasteiger partial charge in [-0.1, -0.05) is 17.3 Å². The van der Waals surface area contributed by atoms with Gasteiger partial charge in [-0.2, -0.15) is 0 Å². The molecule has 7 nitrogen and oxygen atoms in total. The van der Waals surface area contributed by atoms with Crippen LogP contribution in [0, 0.1) is 0 Å². The number of benzene rings is 2. The summed E-state index contributed by atoms with van der Waals surface area (Å²) in [7, 11) is -4.38. The number of fused-ring (bicyclic) bond motifs is 1. The van der Waals surface area contributed by atoms with Crippen LogP contribution in [0.1, 0.15) is 0 Å². The SMILES string of the molecule is O=S(=O)([O-])c1ccc(O)cc1.[Na+].c1ccc2[nH]nnc2c1. The molecule has 0 amide bonds. The summed E-state index contributed by atoms with van der Waals surface area (Å²) in [6.07, 6.45) is 0. The van der Waals surface area contributed by atoms with Crippen LogP contribution in [0.3, 0.4) is 0 Å². The number of nitrogens with one attached hydrogen (secondary N) is 1. The van der Waals surface area contributed by atoms with E-state index in [1.54, 1.807) is 0 Å². The third kappa shape index (κ3) is 5.10. The number of rotatable bonds is 1. The van der Waals surface area contributed by atoms with E-state index in [0.29, 0.717) is 0 Å². The predicted octanol–water partition coefficient (Wildman–Crippen LogP) is -1.74. The number of hydrogen-bond acceptors (Lipinski definition) is 6. The molecule has 21 heavy (non-hydrogen) atoms. The van der Waals surface area contributed by atoms with Crippen molar-refractivity contribution in [3.63, 3.8) is 0 Å². The minimum absolute atomic E-state index is 0. The first-order valence-electron chi connectivity index (χ1n) is 5.47. The Hall–Kier alpha value is -1.45. The molecule has 0 unspecified atom stereocenters. The predicted molar refractivity (Wildman–Crippen MR) is 70.0 cm³/mol. The molecule has 0 radical (unpaired) electrons.